The van der Waals surface area contributed by atoms with Crippen molar-refractivity contribution < 1.29 is 27.1 Å². The molecule has 4 rings (SSSR count). The van der Waals surface area contributed by atoms with Crippen LogP contribution >= 0.6 is 0 Å². The highest BCUT2D eigenvalue weighted by Gasteiger charge is 2.28. The van der Waals surface area contributed by atoms with Crippen LogP contribution in [0, 0.1) is 18.7 Å². The van der Waals surface area contributed by atoms with E-state index in [0.717, 1.165) is 48.3 Å². The van der Waals surface area contributed by atoms with Crippen molar-refractivity contribution in [1.29, 1.82) is 0 Å². The maximum absolute atomic E-state index is 14.0. The van der Waals surface area contributed by atoms with Crippen LogP contribution < -0.4 is 19.5 Å². The molecule has 1 atom stereocenters. The second-order valence-electron chi connectivity index (χ2n) is 9.27. The first kappa shape index (κ1) is 25.4. The van der Waals surface area contributed by atoms with Crippen molar-refractivity contribution in [2.24, 2.45) is 5.92 Å². The Morgan fingerprint density at radius 3 is 2.66 bits per heavy atom. The van der Waals surface area contributed by atoms with Crippen molar-refractivity contribution in [2.75, 3.05) is 19.3 Å². The minimum Gasteiger partial charge on any atom is -0.490 e. The summed E-state index contributed by atoms with van der Waals surface area (Å²) in [7, 11) is -1.97. The fourth-order valence-electron chi connectivity index (χ4n) is 4.82. The molecule has 2 N–H and O–H groups in total. The number of fused-ring (bicyclic) bond motifs is 1. The van der Waals surface area contributed by atoms with Gasteiger partial charge in [-0.2, -0.15) is 0 Å². The highest BCUT2D eigenvalue weighted by atomic mass is 32.2. The SMILES string of the molecule is CNS(=O)(=O)CCNC(=O)C1CCC(Oc2ccc3c(c2)CCC(c2cccc(F)c2C)O3)CC1. The van der Waals surface area contributed by atoms with Crippen molar-refractivity contribution in [3.63, 3.8) is 0 Å². The molecular weight excluding hydrogens is 471 g/mol. The van der Waals surface area contributed by atoms with E-state index in [1.54, 1.807) is 13.0 Å². The maximum atomic E-state index is 14.0. The first-order valence-electron chi connectivity index (χ1n) is 12.2. The molecule has 0 spiro atoms. The number of nitrogens with one attached hydrogen (secondary N) is 2. The van der Waals surface area contributed by atoms with Gasteiger partial charge in [0, 0.05) is 12.5 Å². The number of carbonyl (C=O) groups excluding carboxylic acids is 1. The molecule has 1 amide bonds. The predicted octanol–water partition coefficient (Wildman–Crippen LogP) is 3.80. The number of sulfonamides is 1. The van der Waals surface area contributed by atoms with Crippen molar-refractivity contribution >= 4 is 15.9 Å². The smallest absolute Gasteiger partial charge is 0.223 e. The summed E-state index contributed by atoms with van der Waals surface area (Å²) in [4.78, 5) is 12.4. The third-order valence-electron chi connectivity index (χ3n) is 6.96. The predicted molar refractivity (Wildman–Crippen MR) is 131 cm³/mol. The Labute approximate surface area is 206 Å². The number of hydrogen-bond donors (Lipinski definition) is 2. The Morgan fingerprint density at radius 2 is 1.91 bits per heavy atom. The molecule has 0 aromatic heterocycles. The molecular formula is C26H33FN2O5S. The van der Waals surface area contributed by atoms with E-state index in [2.05, 4.69) is 10.0 Å². The molecule has 2 aromatic carbocycles. The normalized spacial score (nSPS) is 22.1. The van der Waals surface area contributed by atoms with Gasteiger partial charge >= 0.3 is 0 Å². The first-order chi connectivity index (χ1) is 16.8. The molecule has 0 saturated heterocycles. The molecule has 35 heavy (non-hydrogen) atoms. The van der Waals surface area contributed by atoms with Gasteiger partial charge in [0.15, 0.2) is 0 Å². The highest BCUT2D eigenvalue weighted by molar-refractivity contribution is 7.89. The lowest BCUT2D eigenvalue weighted by Gasteiger charge is -2.30. The fourth-order valence-corrected chi connectivity index (χ4v) is 5.40. The summed E-state index contributed by atoms with van der Waals surface area (Å²) < 4.78 is 51.5. The second-order valence-corrected chi connectivity index (χ2v) is 11.3. The van der Waals surface area contributed by atoms with Crippen LogP contribution in [-0.2, 0) is 21.2 Å². The number of benzene rings is 2. The Hall–Kier alpha value is -2.65. The fraction of sp³-hybridized carbons (Fsp3) is 0.500. The summed E-state index contributed by atoms with van der Waals surface area (Å²) in [6, 6.07) is 11.0. The molecule has 2 aromatic rings. The highest BCUT2D eigenvalue weighted by Crippen LogP contribution is 2.38. The summed E-state index contributed by atoms with van der Waals surface area (Å²) in [5.41, 5.74) is 2.60. The van der Waals surface area contributed by atoms with Gasteiger partial charge in [0.05, 0.1) is 11.9 Å². The zero-order valence-corrected chi connectivity index (χ0v) is 21.0. The topological polar surface area (TPSA) is 93.7 Å². The number of halogens is 1. The molecule has 0 bridgehead atoms. The zero-order chi connectivity index (χ0) is 25.0. The zero-order valence-electron chi connectivity index (χ0n) is 20.2. The quantitative estimate of drug-likeness (QED) is 0.570. The van der Waals surface area contributed by atoms with Gasteiger partial charge in [0.2, 0.25) is 15.9 Å². The van der Waals surface area contributed by atoms with Gasteiger partial charge in [-0.25, -0.2) is 17.5 Å². The number of hydrogen-bond acceptors (Lipinski definition) is 5. The molecule has 190 valence electrons. The number of ether oxygens (including phenoxy) is 2. The van der Waals surface area contributed by atoms with Crippen molar-refractivity contribution in [3.8, 4) is 11.5 Å². The summed E-state index contributed by atoms with van der Waals surface area (Å²) in [5.74, 6) is 1.04. The number of rotatable bonds is 8. The van der Waals surface area contributed by atoms with Gasteiger partial charge in [-0.3, -0.25) is 4.79 Å². The third-order valence-corrected chi connectivity index (χ3v) is 8.33. The second kappa shape index (κ2) is 11.0. The lowest BCUT2D eigenvalue weighted by Crippen LogP contribution is -2.38. The van der Waals surface area contributed by atoms with E-state index in [1.165, 1.54) is 13.1 Å². The minimum atomic E-state index is -3.33. The molecule has 9 heteroatoms. The molecule has 1 saturated carbocycles. The van der Waals surface area contributed by atoms with Crippen LogP contribution in [0.3, 0.4) is 0 Å². The van der Waals surface area contributed by atoms with Crippen molar-refractivity contribution in [1.82, 2.24) is 10.0 Å². The van der Waals surface area contributed by atoms with Crippen LogP contribution in [0.4, 0.5) is 4.39 Å². The Balaban J connectivity index is 1.27. The Bertz CT molecular complexity index is 1160. The average Bonchev–Trinajstić information content (AvgIpc) is 2.85. The third kappa shape index (κ3) is 6.32. The molecule has 0 radical (unpaired) electrons. The van der Waals surface area contributed by atoms with Crippen LogP contribution in [0.1, 0.15) is 54.9 Å². The first-order valence-corrected chi connectivity index (χ1v) is 13.8. The van der Waals surface area contributed by atoms with E-state index >= 15 is 0 Å². The van der Waals surface area contributed by atoms with E-state index in [0.29, 0.717) is 18.4 Å². The maximum Gasteiger partial charge on any atom is 0.223 e. The van der Waals surface area contributed by atoms with E-state index in [4.69, 9.17) is 9.47 Å². The standard InChI is InChI=1S/C26H33FN2O5S/c1-17-22(4-3-5-23(17)27)25-12-8-19-16-21(11-13-24(19)34-25)33-20-9-6-18(7-10-20)26(30)29-14-15-35(31,32)28-2/h3-5,11,13,16,18,20,25,28H,6-10,12,14-15H2,1-2H3,(H,29,30). The molecule has 1 aliphatic carbocycles. The Morgan fingerprint density at radius 1 is 1.14 bits per heavy atom. The van der Waals surface area contributed by atoms with Crippen LogP contribution in [0.25, 0.3) is 0 Å². The molecule has 1 unspecified atom stereocenters. The van der Waals surface area contributed by atoms with Gasteiger partial charge in [-0.05, 0) is 93.5 Å². The monoisotopic (exact) mass is 504 g/mol. The average molecular weight is 505 g/mol. The molecule has 1 heterocycles. The van der Waals surface area contributed by atoms with Gasteiger partial charge < -0.3 is 14.8 Å². The number of amides is 1. The van der Waals surface area contributed by atoms with Crippen LogP contribution in [0.15, 0.2) is 36.4 Å². The number of carbonyl (C=O) groups is 1. The van der Waals surface area contributed by atoms with Crippen molar-refractivity contribution in [3.05, 3.63) is 58.9 Å². The van der Waals surface area contributed by atoms with Crippen LogP contribution in [-0.4, -0.2) is 39.8 Å². The molecule has 2 aliphatic rings. The summed E-state index contributed by atoms with van der Waals surface area (Å²) in [5, 5.41) is 2.73. The summed E-state index contributed by atoms with van der Waals surface area (Å²) in [6.07, 6.45) is 4.41. The van der Waals surface area contributed by atoms with E-state index < -0.39 is 10.0 Å². The summed E-state index contributed by atoms with van der Waals surface area (Å²) >= 11 is 0. The molecule has 7 nitrogen and oxygen atoms in total. The van der Waals surface area contributed by atoms with Crippen LogP contribution in [0.5, 0.6) is 11.5 Å². The van der Waals surface area contributed by atoms with Gasteiger partial charge in [0.1, 0.15) is 23.4 Å². The lowest BCUT2D eigenvalue weighted by atomic mass is 9.86. The van der Waals surface area contributed by atoms with E-state index in [9.17, 15) is 17.6 Å². The van der Waals surface area contributed by atoms with Crippen LogP contribution in [0.2, 0.25) is 0 Å². The van der Waals surface area contributed by atoms with Gasteiger partial charge in [-0.1, -0.05) is 12.1 Å². The molecule has 1 fully saturated rings. The summed E-state index contributed by atoms with van der Waals surface area (Å²) in [6.45, 7) is 1.89. The largest absolute Gasteiger partial charge is 0.490 e. The Kier molecular flexibility index (Phi) is 7.96. The van der Waals surface area contributed by atoms with Gasteiger partial charge in [0.25, 0.3) is 0 Å². The van der Waals surface area contributed by atoms with E-state index in [-0.39, 0.29) is 42.1 Å². The lowest BCUT2D eigenvalue weighted by molar-refractivity contribution is -0.126. The number of aryl methyl sites for hydroxylation is 1. The van der Waals surface area contributed by atoms with Crippen molar-refractivity contribution in [2.45, 2.75) is 57.7 Å². The molecule has 1 aliphatic heterocycles. The minimum absolute atomic E-state index is 0.0361. The van der Waals surface area contributed by atoms with Gasteiger partial charge in [-0.15, -0.1) is 0 Å². The van der Waals surface area contributed by atoms with E-state index in [1.807, 2.05) is 24.3 Å².